The van der Waals surface area contributed by atoms with Crippen molar-refractivity contribution >= 4 is 34.9 Å². The highest BCUT2D eigenvalue weighted by atomic mass is 35.5. The van der Waals surface area contributed by atoms with Gasteiger partial charge in [0.1, 0.15) is 5.69 Å². The van der Waals surface area contributed by atoms with Gasteiger partial charge in [-0.1, -0.05) is 35.3 Å². The van der Waals surface area contributed by atoms with Crippen molar-refractivity contribution in [1.29, 1.82) is 0 Å². The molecule has 2 aromatic heterocycles. The molecule has 29 heavy (non-hydrogen) atoms. The van der Waals surface area contributed by atoms with Crippen LogP contribution in [-0.4, -0.2) is 32.4 Å². The molecule has 4 N–H and O–H groups in total. The number of aromatic amines is 1. The molecule has 6 nitrogen and oxygen atoms in total. The van der Waals surface area contributed by atoms with E-state index in [1.165, 1.54) is 0 Å². The Morgan fingerprint density at radius 3 is 2.62 bits per heavy atom. The van der Waals surface area contributed by atoms with Crippen molar-refractivity contribution in [3.8, 4) is 11.3 Å². The predicted molar refractivity (Wildman–Crippen MR) is 116 cm³/mol. The average molecular weight is 428 g/mol. The zero-order valence-corrected chi connectivity index (χ0v) is 17.0. The molecular formula is C21H19Cl2N5O. The fourth-order valence-corrected chi connectivity index (χ4v) is 3.75. The number of nitrogen functional groups attached to an aromatic ring is 1. The highest BCUT2D eigenvalue weighted by Gasteiger charge is 2.36. The monoisotopic (exact) mass is 427 g/mol. The molecular weight excluding hydrogens is 409 g/mol. The lowest BCUT2D eigenvalue weighted by Gasteiger charge is -2.21. The highest BCUT2D eigenvalue weighted by molar-refractivity contribution is 6.31. The maximum atomic E-state index is 9.28. The number of aliphatic hydroxyl groups is 1. The van der Waals surface area contributed by atoms with E-state index in [0.717, 1.165) is 22.5 Å². The minimum atomic E-state index is -1.22. The summed E-state index contributed by atoms with van der Waals surface area (Å²) in [6.07, 6.45) is 6.56. The van der Waals surface area contributed by atoms with Crippen LogP contribution < -0.4 is 5.73 Å². The molecule has 0 aliphatic carbocycles. The average Bonchev–Trinajstić information content (AvgIpc) is 3.37. The third kappa shape index (κ3) is 3.92. The van der Waals surface area contributed by atoms with Crippen LogP contribution in [0.4, 0.5) is 5.95 Å². The lowest BCUT2D eigenvalue weighted by Crippen LogP contribution is -2.19. The number of anilines is 1. The first-order chi connectivity index (χ1) is 14.0. The van der Waals surface area contributed by atoms with Gasteiger partial charge < -0.3 is 15.8 Å². The Kier molecular flexibility index (Phi) is 5.41. The number of hydrogen-bond acceptors (Lipinski definition) is 5. The summed E-state index contributed by atoms with van der Waals surface area (Å²) in [5, 5.41) is 9.93. The van der Waals surface area contributed by atoms with Crippen molar-refractivity contribution < 1.29 is 5.11 Å². The number of nitrogens with zero attached hydrogens (tertiary/aromatic N) is 3. The van der Waals surface area contributed by atoms with Crippen molar-refractivity contribution in [1.82, 2.24) is 15.0 Å². The summed E-state index contributed by atoms with van der Waals surface area (Å²) in [4.78, 5) is 15.6. The number of nitrogens with two attached hydrogens (primary N) is 1. The molecule has 8 heteroatoms. The number of aliphatic hydroxyl groups excluding tert-OH is 1. The number of aromatic nitrogens is 3. The quantitative estimate of drug-likeness (QED) is 0.407. The normalized spacial score (nSPS) is 18.2. The second kappa shape index (κ2) is 7.99. The number of aryl methyl sites for hydroxylation is 1. The van der Waals surface area contributed by atoms with Crippen LogP contribution in [0.25, 0.3) is 11.3 Å². The van der Waals surface area contributed by atoms with E-state index >= 15 is 0 Å². The zero-order valence-electron chi connectivity index (χ0n) is 15.4. The third-order valence-corrected chi connectivity index (χ3v) is 5.30. The molecule has 0 bridgehead atoms. The van der Waals surface area contributed by atoms with E-state index in [0.29, 0.717) is 29.3 Å². The lowest BCUT2D eigenvalue weighted by molar-refractivity contribution is 0.288. The van der Waals surface area contributed by atoms with Gasteiger partial charge in [-0.3, -0.25) is 4.99 Å². The molecule has 0 amide bonds. The fraction of sp³-hybridized carbons (Fsp3) is 0.190. The van der Waals surface area contributed by atoms with Gasteiger partial charge in [0, 0.05) is 29.1 Å². The van der Waals surface area contributed by atoms with Crippen LogP contribution >= 0.6 is 23.2 Å². The number of hydrogen-bond donors (Lipinski definition) is 3. The summed E-state index contributed by atoms with van der Waals surface area (Å²) in [6, 6.07) is 11.2. The van der Waals surface area contributed by atoms with Crippen molar-refractivity contribution in [2.24, 2.45) is 4.99 Å². The van der Waals surface area contributed by atoms with Crippen molar-refractivity contribution in [2.75, 3.05) is 12.3 Å². The van der Waals surface area contributed by atoms with Gasteiger partial charge >= 0.3 is 0 Å². The van der Waals surface area contributed by atoms with E-state index < -0.39 is 5.00 Å². The highest BCUT2D eigenvalue weighted by Crippen LogP contribution is 2.42. The number of halogens is 2. The Balaban J connectivity index is 1.85. The van der Waals surface area contributed by atoms with Crippen LogP contribution in [0.2, 0.25) is 5.02 Å². The molecule has 3 aromatic rings. The van der Waals surface area contributed by atoms with Gasteiger partial charge in [0.2, 0.25) is 5.95 Å². The van der Waals surface area contributed by atoms with Crippen LogP contribution in [0.15, 0.2) is 59.7 Å². The van der Waals surface area contributed by atoms with E-state index in [1.807, 2.05) is 48.7 Å². The predicted octanol–water partition coefficient (Wildman–Crippen LogP) is 4.08. The molecule has 1 unspecified atom stereocenters. The van der Waals surface area contributed by atoms with Crippen LogP contribution in [0, 0.1) is 0 Å². The Bertz CT molecular complexity index is 1080. The number of alkyl halides is 1. The molecule has 0 saturated carbocycles. The van der Waals surface area contributed by atoms with Gasteiger partial charge in [-0.15, -0.1) is 0 Å². The van der Waals surface area contributed by atoms with E-state index in [1.54, 1.807) is 6.08 Å². The minimum Gasteiger partial charge on any atom is -0.396 e. The van der Waals surface area contributed by atoms with E-state index in [2.05, 4.69) is 15.0 Å². The smallest absolute Gasteiger partial charge is 0.220 e. The second-order valence-electron chi connectivity index (χ2n) is 6.67. The molecule has 4 rings (SSSR count). The van der Waals surface area contributed by atoms with Crippen LogP contribution in [0.3, 0.4) is 0 Å². The fourth-order valence-electron chi connectivity index (χ4n) is 3.33. The summed E-state index contributed by atoms with van der Waals surface area (Å²) in [7, 11) is 0. The first-order valence-electron chi connectivity index (χ1n) is 9.15. The van der Waals surface area contributed by atoms with Crippen molar-refractivity contribution in [2.45, 2.75) is 17.8 Å². The van der Waals surface area contributed by atoms with Crippen LogP contribution in [0.5, 0.6) is 0 Å². The van der Waals surface area contributed by atoms with Crippen LogP contribution in [-0.2, 0) is 11.4 Å². The molecule has 0 radical (unpaired) electrons. The summed E-state index contributed by atoms with van der Waals surface area (Å²) in [6.45, 7) is 0.0498. The number of aliphatic imine (C=N–C) groups is 1. The molecule has 1 aliphatic heterocycles. The molecule has 1 atom stereocenters. The molecule has 0 spiro atoms. The molecule has 0 fully saturated rings. The van der Waals surface area contributed by atoms with E-state index in [9.17, 15) is 5.11 Å². The van der Waals surface area contributed by atoms with Gasteiger partial charge in [-0.25, -0.2) is 9.97 Å². The number of benzene rings is 1. The molecule has 1 aliphatic rings. The SMILES string of the molecule is Nc1nc(CCCO)c(-c2ccc[nH]2)c(C2(Cl)C=CC(c3ccc(Cl)cc3)=N2)n1. The molecule has 3 heterocycles. The van der Waals surface area contributed by atoms with E-state index in [4.69, 9.17) is 33.9 Å². The van der Waals surface area contributed by atoms with Gasteiger partial charge in [0.05, 0.1) is 11.4 Å². The molecule has 0 saturated heterocycles. The Labute approximate surface area is 178 Å². The largest absolute Gasteiger partial charge is 0.396 e. The Morgan fingerprint density at radius 1 is 1.14 bits per heavy atom. The molecule has 1 aromatic carbocycles. The maximum Gasteiger partial charge on any atom is 0.220 e. The van der Waals surface area contributed by atoms with E-state index in [-0.39, 0.29) is 12.6 Å². The third-order valence-electron chi connectivity index (χ3n) is 4.66. The summed E-state index contributed by atoms with van der Waals surface area (Å²) in [5.41, 5.74) is 10.4. The standard InChI is InChI=1S/C21H19Cl2N5O/c22-14-7-5-13(6-8-14)15-9-10-21(23,28-15)19-18(16-3-1-11-25-16)17(4-2-12-29)26-20(24)27-19/h1,3,5-11,25,29H,2,4,12H2,(H2,24,26,27). The number of nitrogens with one attached hydrogen (secondary N) is 1. The minimum absolute atomic E-state index is 0.0498. The Hall–Kier alpha value is -2.67. The summed E-state index contributed by atoms with van der Waals surface area (Å²) >= 11 is 13.0. The Morgan fingerprint density at radius 2 is 1.93 bits per heavy atom. The van der Waals surface area contributed by atoms with Crippen molar-refractivity contribution in [3.63, 3.8) is 0 Å². The molecule has 148 valence electrons. The first-order valence-corrected chi connectivity index (χ1v) is 9.91. The van der Waals surface area contributed by atoms with Crippen LogP contribution in [0.1, 0.15) is 23.4 Å². The van der Waals surface area contributed by atoms with Crippen molar-refractivity contribution in [3.05, 3.63) is 76.7 Å². The number of H-pyrrole nitrogens is 1. The van der Waals surface area contributed by atoms with Gasteiger partial charge in [0.25, 0.3) is 0 Å². The topological polar surface area (TPSA) is 100 Å². The van der Waals surface area contributed by atoms with Gasteiger partial charge in [-0.2, -0.15) is 0 Å². The number of allylic oxidation sites excluding steroid dienone is 1. The number of rotatable bonds is 6. The zero-order chi connectivity index (χ0) is 20.4. The first kappa shape index (κ1) is 19.6. The van der Waals surface area contributed by atoms with Gasteiger partial charge in [0.15, 0.2) is 5.00 Å². The summed E-state index contributed by atoms with van der Waals surface area (Å²) in [5.74, 6) is 0.117. The lowest BCUT2D eigenvalue weighted by atomic mass is 10.00. The maximum absolute atomic E-state index is 9.28. The summed E-state index contributed by atoms with van der Waals surface area (Å²) < 4.78 is 0. The second-order valence-corrected chi connectivity index (χ2v) is 7.69. The van der Waals surface area contributed by atoms with Gasteiger partial charge in [-0.05, 0) is 54.8 Å².